The molecular formula is C24H29NO6S. The van der Waals surface area contributed by atoms with Gasteiger partial charge in [-0.05, 0) is 56.5 Å². The van der Waals surface area contributed by atoms with E-state index in [4.69, 9.17) is 18.9 Å². The number of rotatable bonds is 9. The lowest BCUT2D eigenvalue weighted by molar-refractivity contribution is -0.143. The third-order valence-corrected chi connectivity index (χ3v) is 6.55. The molecule has 0 heterocycles. The lowest BCUT2D eigenvalue weighted by Gasteiger charge is -2.22. The molecule has 3 rings (SSSR count). The van der Waals surface area contributed by atoms with E-state index in [2.05, 4.69) is 4.72 Å². The van der Waals surface area contributed by atoms with E-state index in [9.17, 15) is 9.00 Å². The number of ether oxygens (including phenoxy) is 4. The molecule has 0 aromatic heterocycles. The average Bonchev–Trinajstić information content (AvgIpc) is 3.11. The summed E-state index contributed by atoms with van der Waals surface area (Å²) in [5, 5.41) is 0. The number of fused-ring (bicyclic) bond motifs is 1. The largest absolute Gasteiger partial charge is 0.493 e. The van der Waals surface area contributed by atoms with Gasteiger partial charge in [0.1, 0.15) is 17.0 Å². The highest BCUT2D eigenvalue weighted by molar-refractivity contribution is 7.83. The highest BCUT2D eigenvalue weighted by Gasteiger charge is 2.36. The van der Waals surface area contributed by atoms with Crippen LogP contribution in [0.25, 0.3) is 5.57 Å². The fourth-order valence-electron chi connectivity index (χ4n) is 3.91. The van der Waals surface area contributed by atoms with E-state index in [-0.39, 0.29) is 6.61 Å². The Morgan fingerprint density at radius 1 is 1.06 bits per heavy atom. The van der Waals surface area contributed by atoms with Crippen LogP contribution in [0.1, 0.15) is 30.5 Å². The molecule has 2 aromatic carbocycles. The quantitative estimate of drug-likeness (QED) is 0.577. The van der Waals surface area contributed by atoms with Gasteiger partial charge in [0.2, 0.25) is 5.75 Å². The minimum absolute atomic E-state index is 0.211. The molecule has 1 aliphatic carbocycles. The van der Waals surface area contributed by atoms with Gasteiger partial charge in [-0.1, -0.05) is 23.3 Å². The molecule has 0 bridgehead atoms. The van der Waals surface area contributed by atoms with Gasteiger partial charge < -0.3 is 18.9 Å². The number of nitrogens with one attached hydrogen (secondary N) is 1. The summed E-state index contributed by atoms with van der Waals surface area (Å²) in [5.41, 5.74) is 4.38. The number of allylic oxidation sites excluding steroid dienone is 1. The van der Waals surface area contributed by atoms with Crippen LogP contribution in [0.4, 0.5) is 0 Å². The molecule has 8 heteroatoms. The monoisotopic (exact) mass is 459 g/mol. The summed E-state index contributed by atoms with van der Waals surface area (Å²) in [4.78, 5) is 13.6. The third-order valence-electron chi connectivity index (χ3n) is 5.40. The van der Waals surface area contributed by atoms with E-state index >= 15 is 0 Å². The van der Waals surface area contributed by atoms with Gasteiger partial charge in [-0.3, -0.25) is 0 Å². The standard InChI is InChI=1S/C24H29NO6S/c1-7-31-24(26)21(25-32(27)16-10-8-14(2)9-11-16)20-15(3)12-18-17(20)13-19(28-4)23(30-6)22(18)29-5/h8-11,13,21,25H,7,12H2,1-6H3/t21-,32-/m0/s1. The molecule has 0 saturated carbocycles. The number of methoxy groups -OCH3 is 3. The first-order valence-corrected chi connectivity index (χ1v) is 11.4. The van der Waals surface area contributed by atoms with Crippen LogP contribution in [0.2, 0.25) is 0 Å². The fourth-order valence-corrected chi connectivity index (χ4v) is 4.86. The Balaban J connectivity index is 2.08. The lowest BCUT2D eigenvalue weighted by Crippen LogP contribution is -2.40. The summed E-state index contributed by atoms with van der Waals surface area (Å²) in [6.07, 6.45) is 0.558. The summed E-state index contributed by atoms with van der Waals surface area (Å²) >= 11 is 0. The van der Waals surface area contributed by atoms with Crippen molar-refractivity contribution in [2.45, 2.75) is 38.1 Å². The molecule has 0 unspecified atom stereocenters. The first kappa shape index (κ1) is 23.8. The first-order chi connectivity index (χ1) is 15.4. The molecule has 32 heavy (non-hydrogen) atoms. The maximum Gasteiger partial charge on any atom is 0.328 e. The first-order valence-electron chi connectivity index (χ1n) is 10.3. The van der Waals surface area contributed by atoms with Crippen LogP contribution in [0.5, 0.6) is 17.2 Å². The summed E-state index contributed by atoms with van der Waals surface area (Å²) in [6.45, 7) is 5.85. The third kappa shape index (κ3) is 4.52. The van der Waals surface area contributed by atoms with Crippen LogP contribution in [-0.2, 0) is 26.9 Å². The van der Waals surface area contributed by atoms with Crippen LogP contribution in [-0.4, -0.2) is 44.2 Å². The zero-order chi connectivity index (χ0) is 23.4. The summed E-state index contributed by atoms with van der Waals surface area (Å²) in [6, 6.07) is 8.21. The topological polar surface area (TPSA) is 83.1 Å². The normalized spacial score (nSPS) is 14.6. The highest BCUT2D eigenvalue weighted by Crippen LogP contribution is 2.49. The van der Waals surface area contributed by atoms with Crippen LogP contribution in [0.3, 0.4) is 0 Å². The van der Waals surface area contributed by atoms with Gasteiger partial charge in [0, 0.05) is 5.56 Å². The van der Waals surface area contributed by atoms with E-state index in [1.54, 1.807) is 40.4 Å². The Morgan fingerprint density at radius 2 is 1.72 bits per heavy atom. The van der Waals surface area contributed by atoms with E-state index in [0.29, 0.717) is 34.1 Å². The zero-order valence-electron chi connectivity index (χ0n) is 19.2. The van der Waals surface area contributed by atoms with Crippen LogP contribution in [0.15, 0.2) is 40.8 Å². The summed E-state index contributed by atoms with van der Waals surface area (Å²) < 4.78 is 38.1. The molecule has 1 aliphatic rings. The Kier molecular flexibility index (Phi) is 7.58. The molecule has 0 fully saturated rings. The second kappa shape index (κ2) is 10.2. The van der Waals surface area contributed by atoms with Crippen molar-refractivity contribution < 1.29 is 28.0 Å². The molecule has 172 valence electrons. The summed E-state index contributed by atoms with van der Waals surface area (Å²) in [5.74, 6) is 1.03. The van der Waals surface area contributed by atoms with Crippen molar-refractivity contribution in [1.82, 2.24) is 4.72 Å². The predicted molar refractivity (Wildman–Crippen MR) is 124 cm³/mol. The molecule has 7 nitrogen and oxygen atoms in total. The Morgan fingerprint density at radius 3 is 2.28 bits per heavy atom. The van der Waals surface area contributed by atoms with Crippen molar-refractivity contribution in [2.75, 3.05) is 27.9 Å². The van der Waals surface area contributed by atoms with Gasteiger partial charge in [-0.2, -0.15) is 0 Å². The fraction of sp³-hybridized carbons (Fsp3) is 0.375. The minimum atomic E-state index is -1.63. The Hall–Kier alpha value is -2.84. The summed E-state index contributed by atoms with van der Waals surface area (Å²) in [7, 11) is 3.04. The molecule has 0 saturated heterocycles. The molecular weight excluding hydrogens is 430 g/mol. The average molecular weight is 460 g/mol. The minimum Gasteiger partial charge on any atom is -0.493 e. The van der Waals surface area contributed by atoms with Crippen molar-refractivity contribution in [3.63, 3.8) is 0 Å². The Bertz CT molecular complexity index is 1060. The lowest BCUT2D eigenvalue weighted by atomic mass is 9.97. The van der Waals surface area contributed by atoms with Gasteiger partial charge in [-0.15, -0.1) is 0 Å². The van der Waals surface area contributed by atoms with Gasteiger partial charge in [0.05, 0.1) is 32.8 Å². The predicted octanol–water partition coefficient (Wildman–Crippen LogP) is 3.59. The van der Waals surface area contributed by atoms with E-state index in [1.165, 1.54) is 0 Å². The smallest absolute Gasteiger partial charge is 0.328 e. The maximum absolute atomic E-state index is 13.1. The number of aryl methyl sites for hydroxylation is 1. The number of carbonyl (C=O) groups is 1. The molecule has 2 aromatic rings. The van der Waals surface area contributed by atoms with Gasteiger partial charge in [0.25, 0.3) is 0 Å². The van der Waals surface area contributed by atoms with E-state index in [0.717, 1.165) is 22.3 Å². The SMILES string of the molecule is CCOC(=O)[C@@H](N[S@@](=O)c1ccc(C)cc1)C1=C(C)Cc2c1cc(OC)c(OC)c2OC. The van der Waals surface area contributed by atoms with Crippen LogP contribution in [0, 0.1) is 6.92 Å². The molecule has 0 aliphatic heterocycles. The number of hydrogen-bond donors (Lipinski definition) is 1. The van der Waals surface area contributed by atoms with E-state index in [1.807, 2.05) is 32.0 Å². The van der Waals surface area contributed by atoms with Gasteiger partial charge >= 0.3 is 5.97 Å². The van der Waals surface area contributed by atoms with Crippen molar-refractivity contribution in [3.05, 3.63) is 52.6 Å². The number of hydrogen-bond acceptors (Lipinski definition) is 6. The maximum atomic E-state index is 13.1. The Labute approximate surface area is 191 Å². The van der Waals surface area contributed by atoms with Crippen molar-refractivity contribution in [1.29, 1.82) is 0 Å². The zero-order valence-corrected chi connectivity index (χ0v) is 20.1. The molecule has 2 atom stereocenters. The molecule has 1 N–H and O–H groups in total. The van der Waals surface area contributed by atoms with Crippen molar-refractivity contribution in [2.24, 2.45) is 0 Å². The van der Waals surface area contributed by atoms with E-state index < -0.39 is 23.0 Å². The molecule has 0 spiro atoms. The molecule has 0 amide bonds. The van der Waals surface area contributed by atoms with Gasteiger partial charge in [-0.25, -0.2) is 13.7 Å². The van der Waals surface area contributed by atoms with Crippen LogP contribution < -0.4 is 18.9 Å². The number of esters is 1. The van der Waals surface area contributed by atoms with Crippen LogP contribution >= 0.6 is 0 Å². The number of carbonyl (C=O) groups excluding carboxylic acids is 1. The van der Waals surface area contributed by atoms with Gasteiger partial charge in [0.15, 0.2) is 11.5 Å². The van der Waals surface area contributed by atoms with Crippen molar-refractivity contribution in [3.8, 4) is 17.2 Å². The number of benzene rings is 2. The molecule has 0 radical (unpaired) electrons. The second-order valence-electron chi connectivity index (χ2n) is 7.43. The van der Waals surface area contributed by atoms with Crippen molar-refractivity contribution >= 4 is 22.5 Å². The second-order valence-corrected chi connectivity index (χ2v) is 8.67. The highest BCUT2D eigenvalue weighted by atomic mass is 32.2.